The third kappa shape index (κ3) is 7.55. The molecule has 5 aromatic rings. The minimum atomic E-state index is -4.44. The normalized spacial score (nSPS) is 13.0. The van der Waals surface area contributed by atoms with Crippen LogP contribution in [0.15, 0.2) is 96.3 Å². The summed E-state index contributed by atoms with van der Waals surface area (Å²) in [5, 5.41) is 20.4. The molecule has 0 saturated carbocycles. The molecule has 3 N–H and O–H groups in total. The van der Waals surface area contributed by atoms with E-state index < -0.39 is 23.0 Å². The molecule has 2 heterocycles. The van der Waals surface area contributed by atoms with E-state index in [1.807, 2.05) is 48.7 Å². The number of para-hydroxylation sites is 1. The number of carbonyl (C=O) groups is 3. The number of carbonyl (C=O) groups excluding carboxylic acids is 2. The number of hydrogen-bond acceptors (Lipinski definition) is 6. The lowest BCUT2D eigenvalue weighted by atomic mass is 9.89. The molecule has 3 aromatic carbocycles. The average Bonchev–Trinajstić information content (AvgIpc) is 3.67. The quantitative estimate of drug-likeness (QED) is 0.121. The molecular formula is C34H33F3N6O4S. The molecule has 0 bridgehead atoms. The number of rotatable bonds is 11. The van der Waals surface area contributed by atoms with Gasteiger partial charge in [0.05, 0.1) is 23.1 Å². The van der Waals surface area contributed by atoms with Gasteiger partial charge in [-0.05, 0) is 92.8 Å². The fourth-order valence-corrected chi connectivity index (χ4v) is 6.07. The number of fused-ring (bicyclic) bond motifs is 1. The van der Waals surface area contributed by atoms with Gasteiger partial charge in [-0.3, -0.25) is 19.1 Å². The highest BCUT2D eigenvalue weighted by Gasteiger charge is 2.39. The van der Waals surface area contributed by atoms with E-state index in [1.165, 1.54) is 35.0 Å². The van der Waals surface area contributed by atoms with Crippen molar-refractivity contribution in [2.24, 2.45) is 0 Å². The molecule has 0 saturated heterocycles. The number of anilines is 2. The van der Waals surface area contributed by atoms with Crippen molar-refractivity contribution >= 4 is 51.9 Å². The Morgan fingerprint density at radius 3 is 2.27 bits per heavy atom. The van der Waals surface area contributed by atoms with Crippen molar-refractivity contribution in [3.8, 4) is 16.8 Å². The lowest BCUT2D eigenvalue weighted by Gasteiger charge is -2.34. The summed E-state index contributed by atoms with van der Waals surface area (Å²) in [6.07, 6.45) is 5.31. The van der Waals surface area contributed by atoms with Gasteiger partial charge in [0.2, 0.25) is 5.91 Å². The summed E-state index contributed by atoms with van der Waals surface area (Å²) in [5.74, 6) is -1.39. The molecule has 2 amide bonds. The summed E-state index contributed by atoms with van der Waals surface area (Å²) in [6, 6.07) is 19.5. The smallest absolute Gasteiger partial charge is 0.446 e. The predicted molar refractivity (Wildman–Crippen MR) is 180 cm³/mol. The molecule has 10 nitrogen and oxygen atoms in total. The van der Waals surface area contributed by atoms with Crippen LogP contribution in [0.25, 0.3) is 27.7 Å². The van der Waals surface area contributed by atoms with Crippen LogP contribution in [0.5, 0.6) is 0 Å². The Kier molecular flexibility index (Phi) is 9.96. The molecule has 1 atom stereocenters. The first-order chi connectivity index (χ1) is 22.8. The zero-order chi connectivity index (χ0) is 34.6. The molecular weight excluding hydrogens is 645 g/mol. The maximum absolute atomic E-state index is 13.6. The van der Waals surface area contributed by atoms with Crippen molar-refractivity contribution in [1.82, 2.24) is 19.2 Å². The lowest BCUT2D eigenvalue weighted by Crippen LogP contribution is -2.51. The maximum atomic E-state index is 13.6. The molecule has 2 aromatic heterocycles. The van der Waals surface area contributed by atoms with Gasteiger partial charge in [-0.15, -0.1) is 0 Å². The zero-order valence-corrected chi connectivity index (χ0v) is 27.1. The van der Waals surface area contributed by atoms with E-state index in [9.17, 15) is 32.7 Å². The van der Waals surface area contributed by atoms with Crippen LogP contribution in [0.3, 0.4) is 0 Å². The van der Waals surface area contributed by atoms with Crippen LogP contribution in [-0.2, 0) is 4.79 Å². The molecule has 48 heavy (non-hydrogen) atoms. The second-order valence-corrected chi connectivity index (χ2v) is 12.4. The topological polar surface area (TPSA) is 121 Å². The summed E-state index contributed by atoms with van der Waals surface area (Å²) in [7, 11) is 3.33. The molecule has 14 heteroatoms. The van der Waals surface area contributed by atoms with Gasteiger partial charge in [0.1, 0.15) is 5.54 Å². The highest BCUT2D eigenvalue weighted by Crippen LogP contribution is 2.37. The van der Waals surface area contributed by atoms with Crippen LogP contribution in [0, 0.1) is 0 Å². The molecule has 0 radical (unpaired) electrons. The van der Waals surface area contributed by atoms with Crippen LogP contribution in [0.1, 0.15) is 31.0 Å². The first-order valence-electron chi connectivity index (χ1n) is 14.9. The van der Waals surface area contributed by atoms with Crippen molar-refractivity contribution < 1.29 is 32.7 Å². The minimum absolute atomic E-state index is 0.0255. The Morgan fingerprint density at radius 2 is 1.65 bits per heavy atom. The van der Waals surface area contributed by atoms with E-state index in [0.717, 1.165) is 16.8 Å². The average molecular weight is 679 g/mol. The second-order valence-electron chi connectivity index (χ2n) is 11.3. The van der Waals surface area contributed by atoms with Crippen LogP contribution in [-0.4, -0.2) is 67.4 Å². The van der Waals surface area contributed by atoms with Gasteiger partial charge in [-0.1, -0.05) is 31.2 Å². The third-order valence-electron chi connectivity index (χ3n) is 8.20. The number of carboxylic acids is 1. The molecule has 250 valence electrons. The Labute approximate surface area is 278 Å². The third-order valence-corrected chi connectivity index (χ3v) is 8.93. The number of likely N-dealkylation sites (N-methyl/N-ethyl adjacent to an activating group) is 1. The SMILES string of the molecule is CCC(CCC(=O)n1cc(NC(=O)Nc2ccc(SC(F)(F)F)cc2)c2cc(-c3cnn(-c4ccccc4)c3)ccc21)(C(=O)O)N(C)C. The Morgan fingerprint density at radius 1 is 0.938 bits per heavy atom. The summed E-state index contributed by atoms with van der Waals surface area (Å²) >= 11 is -0.257. The van der Waals surface area contributed by atoms with E-state index in [-0.39, 0.29) is 47.5 Å². The molecule has 0 aliphatic carbocycles. The molecule has 0 spiro atoms. The Balaban J connectivity index is 1.45. The van der Waals surface area contributed by atoms with Crippen LogP contribution in [0.2, 0.25) is 0 Å². The van der Waals surface area contributed by atoms with Crippen molar-refractivity contribution in [3.05, 3.63) is 91.4 Å². The number of amides is 2. The van der Waals surface area contributed by atoms with Gasteiger partial charge in [-0.25, -0.2) is 9.48 Å². The molecule has 1 unspecified atom stereocenters. The molecule has 0 aliphatic heterocycles. The van der Waals surface area contributed by atoms with E-state index >= 15 is 0 Å². The van der Waals surface area contributed by atoms with Crippen LogP contribution >= 0.6 is 11.8 Å². The highest BCUT2D eigenvalue weighted by molar-refractivity contribution is 8.00. The number of hydrogen-bond donors (Lipinski definition) is 3. The zero-order valence-electron chi connectivity index (χ0n) is 26.3. The molecule has 5 rings (SSSR count). The number of nitrogens with zero attached hydrogens (tertiary/aromatic N) is 4. The van der Waals surface area contributed by atoms with E-state index in [0.29, 0.717) is 16.6 Å². The number of benzene rings is 3. The van der Waals surface area contributed by atoms with Gasteiger partial charge in [0.25, 0.3) is 0 Å². The van der Waals surface area contributed by atoms with Crippen molar-refractivity contribution in [1.29, 1.82) is 0 Å². The van der Waals surface area contributed by atoms with Gasteiger partial charge >= 0.3 is 17.5 Å². The maximum Gasteiger partial charge on any atom is 0.446 e. The first-order valence-corrected chi connectivity index (χ1v) is 15.7. The summed E-state index contributed by atoms with van der Waals surface area (Å²) < 4.78 is 41.3. The number of alkyl halides is 3. The molecule has 0 aliphatic rings. The fourth-order valence-electron chi connectivity index (χ4n) is 5.53. The largest absolute Gasteiger partial charge is 0.480 e. The highest BCUT2D eigenvalue weighted by atomic mass is 32.2. The summed E-state index contributed by atoms with van der Waals surface area (Å²) in [6.45, 7) is 1.76. The van der Waals surface area contributed by atoms with Crippen molar-refractivity contribution in [2.45, 2.75) is 42.1 Å². The Hall–Kier alpha value is -5.08. The van der Waals surface area contributed by atoms with Crippen LogP contribution < -0.4 is 10.6 Å². The minimum Gasteiger partial charge on any atom is -0.480 e. The fraction of sp³-hybridized carbons (Fsp3) is 0.235. The number of halogens is 3. The molecule has 0 fully saturated rings. The van der Waals surface area contributed by atoms with Crippen molar-refractivity contribution in [3.63, 3.8) is 0 Å². The standard InChI is InChI=1S/C34H33F3N6O4S/c1-4-33(31(45)46,41(2)3)17-16-30(44)42-21-28(40-32(47)39-24-11-13-26(14-12-24)48-34(35,36)37)27-18-22(10-15-29(27)42)23-19-38-43(20-23)25-8-6-5-7-9-25/h5-15,18-21H,4,16-17H2,1-3H3,(H,45,46)(H2,39,40,47). The van der Waals surface area contributed by atoms with Crippen molar-refractivity contribution in [2.75, 3.05) is 24.7 Å². The number of urea groups is 1. The van der Waals surface area contributed by atoms with Gasteiger partial charge in [-0.2, -0.15) is 18.3 Å². The van der Waals surface area contributed by atoms with E-state index in [1.54, 1.807) is 42.9 Å². The number of nitrogens with one attached hydrogen (secondary N) is 2. The summed E-state index contributed by atoms with van der Waals surface area (Å²) in [4.78, 5) is 40.5. The van der Waals surface area contributed by atoms with Gasteiger partial charge < -0.3 is 15.7 Å². The van der Waals surface area contributed by atoms with E-state index in [2.05, 4.69) is 15.7 Å². The van der Waals surface area contributed by atoms with Crippen LogP contribution in [0.4, 0.5) is 29.3 Å². The Bertz CT molecular complexity index is 1940. The monoisotopic (exact) mass is 678 g/mol. The van der Waals surface area contributed by atoms with E-state index in [4.69, 9.17) is 0 Å². The van der Waals surface area contributed by atoms with Gasteiger partial charge in [0, 0.05) is 40.3 Å². The first kappa shape index (κ1) is 34.3. The predicted octanol–water partition coefficient (Wildman–Crippen LogP) is 7.97. The number of aromatic nitrogens is 3. The number of aliphatic carboxylic acids is 1. The number of carboxylic acid groups (broad SMARTS) is 1. The second kappa shape index (κ2) is 14.0. The number of thioether (sulfide) groups is 1. The van der Waals surface area contributed by atoms with Gasteiger partial charge in [0.15, 0.2) is 0 Å². The lowest BCUT2D eigenvalue weighted by molar-refractivity contribution is -0.150. The summed E-state index contributed by atoms with van der Waals surface area (Å²) in [5.41, 5.74) is -2.20.